The van der Waals surface area contributed by atoms with Crippen LogP contribution in [0.25, 0.3) is 0 Å². The van der Waals surface area contributed by atoms with Gasteiger partial charge in [0.05, 0.1) is 25.0 Å². The molecule has 0 aliphatic carbocycles. The fourth-order valence-corrected chi connectivity index (χ4v) is 4.34. The minimum atomic E-state index is -0.403. The van der Waals surface area contributed by atoms with Gasteiger partial charge in [-0.15, -0.1) is 0 Å². The van der Waals surface area contributed by atoms with Gasteiger partial charge in [-0.05, 0) is 79.8 Å². The van der Waals surface area contributed by atoms with Crippen LogP contribution in [0, 0.1) is 11.8 Å². The molecule has 0 aromatic heterocycles. The third-order valence-electron chi connectivity index (χ3n) is 5.88. The molecule has 1 unspecified atom stereocenters. The van der Waals surface area contributed by atoms with Gasteiger partial charge in [-0.3, -0.25) is 9.59 Å². The smallest absolute Gasteiger partial charge is 0.313 e. The molecular weight excluding hydrogens is 436 g/mol. The Morgan fingerprint density at radius 1 is 0.788 bits per heavy atom. The Morgan fingerprint density at radius 3 is 1.94 bits per heavy atom. The van der Waals surface area contributed by atoms with Gasteiger partial charge in [0, 0.05) is 5.02 Å². The maximum absolute atomic E-state index is 12.9. The molecule has 0 aliphatic rings. The van der Waals surface area contributed by atoms with E-state index < -0.39 is 5.92 Å². The minimum absolute atomic E-state index is 0.00992. The molecule has 0 amide bonds. The van der Waals surface area contributed by atoms with Crippen LogP contribution in [0.2, 0.25) is 5.02 Å². The first-order valence-corrected chi connectivity index (χ1v) is 12.3. The van der Waals surface area contributed by atoms with Crippen LogP contribution in [0.15, 0.2) is 42.5 Å². The van der Waals surface area contributed by atoms with Gasteiger partial charge >= 0.3 is 11.9 Å². The number of carbonyl (C=O) groups is 2. The largest absolute Gasteiger partial charge is 0.466 e. The lowest BCUT2D eigenvalue weighted by molar-refractivity contribution is -0.146. The predicted molar refractivity (Wildman–Crippen MR) is 134 cm³/mol. The summed E-state index contributed by atoms with van der Waals surface area (Å²) in [7, 11) is 0. The van der Waals surface area contributed by atoms with Crippen LogP contribution in [0.1, 0.15) is 75.6 Å². The number of rotatable bonds is 11. The molecule has 2 rings (SSSR count). The van der Waals surface area contributed by atoms with E-state index in [0.29, 0.717) is 30.6 Å². The topological polar surface area (TPSA) is 52.6 Å². The van der Waals surface area contributed by atoms with Crippen molar-refractivity contribution in [2.24, 2.45) is 11.8 Å². The Balaban J connectivity index is 2.42. The van der Waals surface area contributed by atoms with E-state index in [1.54, 1.807) is 0 Å². The van der Waals surface area contributed by atoms with E-state index in [9.17, 15) is 9.59 Å². The monoisotopic (exact) mass is 472 g/mol. The molecule has 4 nitrogen and oxygen atoms in total. The summed E-state index contributed by atoms with van der Waals surface area (Å²) < 4.78 is 10.7. The van der Waals surface area contributed by atoms with Gasteiger partial charge in [0.1, 0.15) is 0 Å². The first-order chi connectivity index (χ1) is 15.7. The number of benzene rings is 2. The Hall–Kier alpha value is -2.33. The van der Waals surface area contributed by atoms with Crippen molar-refractivity contribution >= 4 is 23.5 Å². The Kier molecular flexibility index (Phi) is 10.4. The highest BCUT2D eigenvalue weighted by Crippen LogP contribution is 2.32. The summed E-state index contributed by atoms with van der Waals surface area (Å²) in [4.78, 5) is 25.3. The van der Waals surface area contributed by atoms with Gasteiger partial charge in [-0.1, -0.05) is 62.7 Å². The van der Waals surface area contributed by atoms with Gasteiger partial charge in [-0.25, -0.2) is 0 Å². The first kappa shape index (κ1) is 26.9. The van der Waals surface area contributed by atoms with Crippen LogP contribution < -0.4 is 0 Å². The van der Waals surface area contributed by atoms with Crippen molar-refractivity contribution in [1.29, 1.82) is 0 Å². The van der Waals surface area contributed by atoms with E-state index >= 15 is 0 Å². The van der Waals surface area contributed by atoms with Crippen molar-refractivity contribution < 1.29 is 19.1 Å². The van der Waals surface area contributed by atoms with Crippen LogP contribution in [-0.2, 0) is 31.9 Å². The highest BCUT2D eigenvalue weighted by Gasteiger charge is 2.29. The van der Waals surface area contributed by atoms with Crippen LogP contribution in [0.5, 0.6) is 0 Å². The second kappa shape index (κ2) is 12.8. The molecule has 0 N–H and O–H groups in total. The van der Waals surface area contributed by atoms with E-state index in [1.165, 1.54) is 5.56 Å². The molecule has 0 bridgehead atoms. The summed E-state index contributed by atoms with van der Waals surface area (Å²) in [6, 6.07) is 13.7. The number of carbonyl (C=O) groups excluding carboxylic acids is 2. The SMILES string of the molecule is CCOC(=O)[C@@H](C)c1ccc(CC(C)C)c(CC(C)[C@H](C(=O)OCC)c2ccc(Cl)cc2)c1. The molecule has 2 aromatic rings. The number of halogens is 1. The molecule has 5 heteroatoms. The summed E-state index contributed by atoms with van der Waals surface area (Å²) in [6.07, 6.45) is 1.62. The average Bonchev–Trinajstić information content (AvgIpc) is 2.76. The fourth-order valence-electron chi connectivity index (χ4n) is 4.21. The molecular formula is C28H37ClO4. The van der Waals surface area contributed by atoms with Crippen molar-refractivity contribution in [2.75, 3.05) is 13.2 Å². The zero-order valence-corrected chi connectivity index (χ0v) is 21.4. The molecule has 0 fully saturated rings. The second-order valence-corrected chi connectivity index (χ2v) is 9.50. The lowest BCUT2D eigenvalue weighted by atomic mass is 9.81. The molecule has 0 saturated heterocycles. The second-order valence-electron chi connectivity index (χ2n) is 9.06. The van der Waals surface area contributed by atoms with Gasteiger partial charge in [0.25, 0.3) is 0 Å². The Morgan fingerprint density at radius 2 is 1.36 bits per heavy atom. The molecule has 33 heavy (non-hydrogen) atoms. The zero-order chi connectivity index (χ0) is 24.5. The van der Waals surface area contributed by atoms with Crippen molar-refractivity contribution in [1.82, 2.24) is 0 Å². The number of esters is 2. The van der Waals surface area contributed by atoms with Gasteiger partial charge in [0.2, 0.25) is 0 Å². The summed E-state index contributed by atoms with van der Waals surface area (Å²) in [5, 5.41) is 0.633. The summed E-state index contributed by atoms with van der Waals surface area (Å²) in [6.45, 7) is 12.7. The predicted octanol–water partition coefficient (Wildman–Crippen LogP) is 6.73. The third-order valence-corrected chi connectivity index (χ3v) is 6.13. The minimum Gasteiger partial charge on any atom is -0.466 e. The number of hydrogen-bond donors (Lipinski definition) is 0. The molecule has 180 valence electrons. The lowest BCUT2D eigenvalue weighted by Crippen LogP contribution is -2.24. The van der Waals surface area contributed by atoms with Gasteiger partial charge in [0.15, 0.2) is 0 Å². The standard InChI is InChI=1S/C28H37ClO4/c1-7-32-27(30)20(6)22-9-10-23(15-18(3)4)24(17-22)16-19(5)26(28(31)33-8-2)21-11-13-25(29)14-12-21/h9-14,17-20,26H,7-8,15-16H2,1-6H3/t19?,20-,26-/m0/s1. The average molecular weight is 473 g/mol. The fraction of sp³-hybridized carbons (Fsp3) is 0.500. The van der Waals surface area contributed by atoms with Crippen molar-refractivity contribution in [3.05, 3.63) is 69.7 Å². The van der Waals surface area contributed by atoms with Gasteiger partial charge < -0.3 is 9.47 Å². The van der Waals surface area contributed by atoms with Crippen LogP contribution in [-0.4, -0.2) is 25.2 Å². The van der Waals surface area contributed by atoms with Crippen molar-refractivity contribution in [2.45, 2.75) is 66.2 Å². The normalized spacial score (nSPS) is 13.9. The lowest BCUT2D eigenvalue weighted by Gasteiger charge is -2.25. The van der Waals surface area contributed by atoms with Crippen LogP contribution in [0.4, 0.5) is 0 Å². The molecule has 3 atom stereocenters. The van der Waals surface area contributed by atoms with E-state index in [1.807, 2.05) is 51.1 Å². The summed E-state index contributed by atoms with van der Waals surface area (Å²) in [5.41, 5.74) is 4.23. The summed E-state index contributed by atoms with van der Waals surface area (Å²) in [5.74, 6) is -0.717. The van der Waals surface area contributed by atoms with E-state index in [2.05, 4.69) is 32.9 Å². The molecule has 2 aromatic carbocycles. The first-order valence-electron chi connectivity index (χ1n) is 11.9. The highest BCUT2D eigenvalue weighted by atomic mass is 35.5. The number of ether oxygens (including phenoxy) is 2. The highest BCUT2D eigenvalue weighted by molar-refractivity contribution is 6.30. The zero-order valence-electron chi connectivity index (χ0n) is 20.7. The molecule has 0 heterocycles. The van der Waals surface area contributed by atoms with Crippen LogP contribution in [0.3, 0.4) is 0 Å². The van der Waals surface area contributed by atoms with Crippen molar-refractivity contribution in [3.63, 3.8) is 0 Å². The maximum Gasteiger partial charge on any atom is 0.313 e. The van der Waals surface area contributed by atoms with Gasteiger partial charge in [-0.2, -0.15) is 0 Å². The van der Waals surface area contributed by atoms with Crippen molar-refractivity contribution in [3.8, 4) is 0 Å². The van der Waals surface area contributed by atoms with E-state index in [0.717, 1.165) is 23.1 Å². The van der Waals surface area contributed by atoms with E-state index in [-0.39, 0.29) is 23.8 Å². The quantitative estimate of drug-likeness (QED) is 0.340. The molecule has 0 spiro atoms. The number of hydrogen-bond acceptors (Lipinski definition) is 4. The molecule has 0 aliphatic heterocycles. The molecule has 0 saturated carbocycles. The Labute approximate surface area is 203 Å². The summed E-state index contributed by atoms with van der Waals surface area (Å²) >= 11 is 6.08. The maximum atomic E-state index is 12.9. The third kappa shape index (κ3) is 7.60. The molecule has 0 radical (unpaired) electrons. The van der Waals surface area contributed by atoms with Crippen LogP contribution >= 0.6 is 11.6 Å². The Bertz CT molecular complexity index is 920. The van der Waals surface area contributed by atoms with E-state index in [4.69, 9.17) is 21.1 Å².